The zero-order chi connectivity index (χ0) is 22.6. The first-order valence-electron chi connectivity index (χ1n) is 11.2. The molecule has 33 heavy (non-hydrogen) atoms. The summed E-state index contributed by atoms with van der Waals surface area (Å²) in [7, 11) is 0. The molecule has 0 fully saturated rings. The van der Waals surface area contributed by atoms with E-state index >= 15 is 0 Å². The minimum atomic E-state index is -1.65. The third kappa shape index (κ3) is 3.29. The fraction of sp³-hybridized carbons (Fsp3) is 0.269. The molecule has 1 N–H and O–H groups in total. The number of hydrogen-bond acceptors (Lipinski definition) is 6. The smallest absolute Gasteiger partial charge is 0.265 e. The third-order valence-electron chi connectivity index (χ3n) is 6.63. The number of ketones is 1. The van der Waals surface area contributed by atoms with E-state index in [0.29, 0.717) is 26.5 Å². The van der Waals surface area contributed by atoms with Crippen LogP contribution >= 0.6 is 23.1 Å². The standard InChI is InChI=1S/C26H22N2O3S2/c29-22(16-9-3-1-4-10-16)20-15-26(31,17-11-5-2-6-12-17)28-24(30)21-18-13-7-8-14-19(18)32-23(21)27-25(28)33-20/h1-6,9-12,20,31H,7-8,13-15H2/t20-,26+/m1/s1. The van der Waals surface area contributed by atoms with Crippen LogP contribution in [0.4, 0.5) is 0 Å². The van der Waals surface area contributed by atoms with E-state index in [4.69, 9.17) is 4.98 Å². The summed E-state index contributed by atoms with van der Waals surface area (Å²) in [4.78, 5) is 34.1. The molecule has 0 unspecified atom stereocenters. The predicted molar refractivity (Wildman–Crippen MR) is 131 cm³/mol. The number of aliphatic hydroxyl groups is 1. The second-order valence-electron chi connectivity index (χ2n) is 8.65. The highest BCUT2D eigenvalue weighted by Crippen LogP contribution is 2.44. The normalized spacial score (nSPS) is 22.0. The first kappa shape index (κ1) is 20.8. The quantitative estimate of drug-likeness (QED) is 0.342. The average Bonchev–Trinajstić information content (AvgIpc) is 3.23. The molecule has 0 spiro atoms. The van der Waals surface area contributed by atoms with Crippen LogP contribution in [0.3, 0.4) is 0 Å². The van der Waals surface area contributed by atoms with Gasteiger partial charge < -0.3 is 5.11 Å². The lowest BCUT2D eigenvalue weighted by atomic mass is 9.93. The fourth-order valence-corrected chi connectivity index (χ4v) is 7.60. The van der Waals surface area contributed by atoms with Crippen molar-refractivity contribution in [2.75, 3.05) is 0 Å². The van der Waals surface area contributed by atoms with Crippen LogP contribution in [0.15, 0.2) is 70.6 Å². The number of Topliss-reactive ketones (excluding diaryl/α,β-unsaturated/α-hetero) is 1. The van der Waals surface area contributed by atoms with Crippen molar-refractivity contribution in [3.63, 3.8) is 0 Å². The summed E-state index contributed by atoms with van der Waals surface area (Å²) in [5, 5.41) is 12.6. The highest BCUT2D eigenvalue weighted by molar-refractivity contribution is 8.00. The van der Waals surface area contributed by atoms with Gasteiger partial charge in [-0.1, -0.05) is 72.4 Å². The Morgan fingerprint density at radius 1 is 1.03 bits per heavy atom. The molecule has 6 rings (SSSR count). The van der Waals surface area contributed by atoms with E-state index < -0.39 is 11.0 Å². The Bertz CT molecular complexity index is 1430. The summed E-state index contributed by atoms with van der Waals surface area (Å²) in [6.45, 7) is 0. The Labute approximate surface area is 199 Å². The second-order valence-corrected chi connectivity index (χ2v) is 10.9. The molecule has 1 aliphatic carbocycles. The number of aryl methyl sites for hydroxylation is 2. The van der Waals surface area contributed by atoms with Crippen LogP contribution in [0.1, 0.15) is 45.6 Å². The van der Waals surface area contributed by atoms with E-state index in [1.54, 1.807) is 23.5 Å². The van der Waals surface area contributed by atoms with Crippen molar-refractivity contribution in [2.24, 2.45) is 0 Å². The molecule has 2 aliphatic rings. The number of rotatable bonds is 3. The predicted octanol–water partition coefficient (Wildman–Crippen LogP) is 4.78. The summed E-state index contributed by atoms with van der Waals surface area (Å²) in [5.41, 5.74) is 0.410. The summed E-state index contributed by atoms with van der Waals surface area (Å²) >= 11 is 2.87. The maximum Gasteiger partial charge on any atom is 0.265 e. The van der Waals surface area contributed by atoms with Crippen LogP contribution < -0.4 is 5.56 Å². The minimum absolute atomic E-state index is 0.0685. The van der Waals surface area contributed by atoms with Gasteiger partial charge in [0.1, 0.15) is 4.83 Å². The molecule has 0 saturated heterocycles. The van der Waals surface area contributed by atoms with Crippen molar-refractivity contribution >= 4 is 39.1 Å². The van der Waals surface area contributed by atoms with E-state index in [1.807, 2.05) is 48.5 Å². The Kier molecular flexibility index (Phi) is 5.01. The topological polar surface area (TPSA) is 72.2 Å². The van der Waals surface area contributed by atoms with Crippen molar-refractivity contribution in [3.8, 4) is 0 Å². The number of benzene rings is 2. The maximum absolute atomic E-state index is 13.9. The molecule has 7 heteroatoms. The monoisotopic (exact) mass is 474 g/mol. The summed E-state index contributed by atoms with van der Waals surface area (Å²) in [6, 6.07) is 18.3. The van der Waals surface area contributed by atoms with Gasteiger partial charge in [-0.15, -0.1) is 11.3 Å². The molecule has 2 atom stereocenters. The molecule has 0 radical (unpaired) electrons. The van der Waals surface area contributed by atoms with Crippen LogP contribution in [-0.4, -0.2) is 25.7 Å². The van der Waals surface area contributed by atoms with Crippen molar-refractivity contribution < 1.29 is 9.90 Å². The number of nitrogens with zero attached hydrogens (tertiary/aromatic N) is 2. The highest BCUT2D eigenvalue weighted by Gasteiger charge is 2.45. The molecule has 3 heterocycles. The first-order chi connectivity index (χ1) is 16.1. The number of hydrogen-bond donors (Lipinski definition) is 1. The number of thiophene rings is 1. The number of thioether (sulfide) groups is 1. The van der Waals surface area contributed by atoms with E-state index in [1.165, 1.54) is 21.2 Å². The average molecular weight is 475 g/mol. The molecule has 2 aromatic heterocycles. The van der Waals surface area contributed by atoms with Gasteiger partial charge in [-0.2, -0.15) is 0 Å². The summed E-state index contributed by atoms with van der Waals surface area (Å²) < 4.78 is 1.44. The lowest BCUT2D eigenvalue weighted by molar-refractivity contribution is -0.0187. The van der Waals surface area contributed by atoms with Crippen LogP contribution in [0.25, 0.3) is 10.2 Å². The van der Waals surface area contributed by atoms with Crippen molar-refractivity contribution in [3.05, 3.63) is 92.6 Å². The Balaban J connectivity index is 1.58. The second kappa shape index (κ2) is 7.94. The molecule has 5 nitrogen and oxygen atoms in total. The number of fused-ring (bicyclic) bond motifs is 4. The molecular formula is C26H22N2O3S2. The lowest BCUT2D eigenvalue weighted by Crippen LogP contribution is -2.49. The molecule has 166 valence electrons. The zero-order valence-electron chi connectivity index (χ0n) is 17.9. The van der Waals surface area contributed by atoms with Crippen LogP contribution in [0.5, 0.6) is 0 Å². The SMILES string of the molecule is O=C(c1ccccc1)[C@H]1C[C@](O)(c2ccccc2)n2c(nc3sc4c(c3c2=O)CCCC4)S1. The molecular weight excluding hydrogens is 452 g/mol. The van der Waals surface area contributed by atoms with Gasteiger partial charge in [0.15, 0.2) is 16.7 Å². The zero-order valence-corrected chi connectivity index (χ0v) is 19.5. The van der Waals surface area contributed by atoms with Crippen molar-refractivity contribution in [2.45, 2.75) is 48.2 Å². The summed E-state index contributed by atoms with van der Waals surface area (Å²) in [6.07, 6.45) is 4.12. The van der Waals surface area contributed by atoms with Gasteiger partial charge in [0.2, 0.25) is 0 Å². The van der Waals surface area contributed by atoms with Gasteiger partial charge in [0.25, 0.3) is 5.56 Å². The fourth-order valence-electron chi connectivity index (χ4n) is 5.00. The highest BCUT2D eigenvalue weighted by atomic mass is 32.2. The Hall–Kier alpha value is -2.74. The number of aromatic nitrogens is 2. The van der Waals surface area contributed by atoms with E-state index in [-0.39, 0.29) is 17.8 Å². The summed E-state index contributed by atoms with van der Waals surface area (Å²) in [5.74, 6) is -0.0685. The molecule has 0 bridgehead atoms. The van der Waals surface area contributed by atoms with Gasteiger partial charge in [-0.3, -0.25) is 14.2 Å². The molecule has 1 aliphatic heterocycles. The van der Waals surface area contributed by atoms with Crippen molar-refractivity contribution in [1.29, 1.82) is 0 Å². The van der Waals surface area contributed by atoms with Gasteiger partial charge in [0.05, 0.1) is 10.6 Å². The van der Waals surface area contributed by atoms with Gasteiger partial charge in [-0.05, 0) is 31.2 Å². The van der Waals surface area contributed by atoms with Crippen molar-refractivity contribution in [1.82, 2.24) is 9.55 Å². The van der Waals surface area contributed by atoms with E-state index in [9.17, 15) is 14.7 Å². The molecule has 2 aromatic carbocycles. The number of carbonyl (C=O) groups excluding carboxylic acids is 1. The number of carbonyl (C=O) groups is 1. The largest absolute Gasteiger partial charge is 0.366 e. The van der Waals surface area contributed by atoms with Gasteiger partial charge in [-0.25, -0.2) is 4.98 Å². The first-order valence-corrected chi connectivity index (χ1v) is 12.9. The molecule has 0 saturated carbocycles. The molecule has 0 amide bonds. The molecule has 4 aromatic rings. The van der Waals surface area contributed by atoms with Crippen LogP contribution in [0.2, 0.25) is 0 Å². The third-order valence-corrected chi connectivity index (χ3v) is 8.97. The minimum Gasteiger partial charge on any atom is -0.366 e. The van der Waals surface area contributed by atoms with Crippen LogP contribution in [0, 0.1) is 0 Å². The van der Waals surface area contributed by atoms with E-state index in [0.717, 1.165) is 31.2 Å². The lowest BCUT2D eigenvalue weighted by Gasteiger charge is -2.38. The Morgan fingerprint density at radius 2 is 1.73 bits per heavy atom. The maximum atomic E-state index is 13.9. The van der Waals surface area contributed by atoms with Crippen LogP contribution in [-0.2, 0) is 18.6 Å². The van der Waals surface area contributed by atoms with Gasteiger partial charge in [0, 0.05) is 22.4 Å². The Morgan fingerprint density at radius 3 is 2.48 bits per heavy atom. The van der Waals surface area contributed by atoms with E-state index in [2.05, 4.69) is 0 Å². The van der Waals surface area contributed by atoms with Gasteiger partial charge >= 0.3 is 0 Å².